The van der Waals surface area contributed by atoms with E-state index in [4.69, 9.17) is 0 Å². The van der Waals surface area contributed by atoms with E-state index in [1.54, 1.807) is 0 Å². The van der Waals surface area contributed by atoms with E-state index in [1.165, 1.54) is 38.9 Å². The number of rotatable bonds is 6. The van der Waals surface area contributed by atoms with Crippen LogP contribution in [0.3, 0.4) is 0 Å². The van der Waals surface area contributed by atoms with E-state index in [0.717, 1.165) is 24.8 Å². The van der Waals surface area contributed by atoms with Crippen molar-refractivity contribution in [2.75, 3.05) is 52.1 Å². The molecular weight excluding hydrogens is 386 g/mol. The second-order valence-electron chi connectivity index (χ2n) is 7.00. The van der Waals surface area contributed by atoms with Crippen LogP contribution in [0.4, 0.5) is 5.00 Å². The number of aryl methyl sites for hydroxylation is 1. The van der Waals surface area contributed by atoms with Crippen LogP contribution >= 0.6 is 11.3 Å². The lowest BCUT2D eigenvalue weighted by atomic mass is 10.1. The van der Waals surface area contributed by atoms with Gasteiger partial charge in [-0.1, -0.05) is 0 Å². The fraction of sp³-hybridized carbons (Fsp3) is 0.647. The molecule has 0 aromatic carbocycles. The molecule has 1 N–H and O–H groups in total. The first-order valence-corrected chi connectivity index (χ1v) is 11.3. The molecule has 1 aliphatic heterocycles. The molecule has 0 spiro atoms. The molecule has 2 heterocycles. The Morgan fingerprint density at radius 2 is 1.96 bits per heavy atom. The van der Waals surface area contributed by atoms with Gasteiger partial charge < -0.3 is 10.2 Å². The standard InChI is InChI=1S/C17H25N5O3S2/c1-20(2)27(24,25)22-10-8-21(9-11-22)7-6-16(23)19-17-14(12-18)13-4-3-5-15(13)26-17/h3-11H2,1-2H3,(H,19,23). The van der Waals surface area contributed by atoms with Gasteiger partial charge in [0.25, 0.3) is 10.2 Å². The average molecular weight is 412 g/mol. The van der Waals surface area contributed by atoms with E-state index < -0.39 is 10.2 Å². The van der Waals surface area contributed by atoms with Gasteiger partial charge in [-0.2, -0.15) is 22.3 Å². The molecule has 1 aromatic rings. The van der Waals surface area contributed by atoms with Crippen molar-refractivity contribution in [3.8, 4) is 6.07 Å². The van der Waals surface area contributed by atoms with E-state index in [9.17, 15) is 18.5 Å². The molecule has 0 radical (unpaired) electrons. The molecule has 1 aromatic heterocycles. The van der Waals surface area contributed by atoms with Gasteiger partial charge >= 0.3 is 0 Å². The number of amides is 1. The first-order chi connectivity index (χ1) is 12.8. The van der Waals surface area contributed by atoms with Gasteiger partial charge in [0.2, 0.25) is 5.91 Å². The Labute approximate surface area is 164 Å². The second-order valence-corrected chi connectivity index (χ2v) is 10.2. The third-order valence-electron chi connectivity index (χ3n) is 5.06. The minimum Gasteiger partial charge on any atom is -0.317 e. The quantitative estimate of drug-likeness (QED) is 0.749. The molecule has 27 heavy (non-hydrogen) atoms. The summed E-state index contributed by atoms with van der Waals surface area (Å²) >= 11 is 1.52. The highest BCUT2D eigenvalue weighted by Gasteiger charge is 2.28. The summed E-state index contributed by atoms with van der Waals surface area (Å²) in [6, 6.07) is 2.23. The average Bonchev–Trinajstić information content (AvgIpc) is 3.20. The highest BCUT2D eigenvalue weighted by Crippen LogP contribution is 2.38. The van der Waals surface area contributed by atoms with Crippen LogP contribution in [0.1, 0.15) is 28.8 Å². The number of thiophene rings is 1. The van der Waals surface area contributed by atoms with E-state index in [-0.39, 0.29) is 5.91 Å². The summed E-state index contributed by atoms with van der Waals surface area (Å²) in [4.78, 5) is 15.6. The normalized spacial score (nSPS) is 18.4. The maximum Gasteiger partial charge on any atom is 0.281 e. The second kappa shape index (κ2) is 8.24. The summed E-state index contributed by atoms with van der Waals surface area (Å²) < 4.78 is 26.9. The SMILES string of the molecule is CN(C)S(=O)(=O)N1CCN(CCC(=O)Nc2sc3c(c2C#N)CCC3)CC1. The lowest BCUT2D eigenvalue weighted by Crippen LogP contribution is -2.51. The van der Waals surface area contributed by atoms with Crippen LogP contribution in [0.5, 0.6) is 0 Å². The van der Waals surface area contributed by atoms with Gasteiger partial charge in [0.05, 0.1) is 5.56 Å². The van der Waals surface area contributed by atoms with Crippen molar-refractivity contribution in [1.29, 1.82) is 5.26 Å². The summed E-state index contributed by atoms with van der Waals surface area (Å²) in [7, 11) is -0.311. The summed E-state index contributed by atoms with van der Waals surface area (Å²) in [5, 5.41) is 13.0. The van der Waals surface area contributed by atoms with Crippen molar-refractivity contribution in [3.05, 3.63) is 16.0 Å². The van der Waals surface area contributed by atoms with Gasteiger partial charge in [0.15, 0.2) is 0 Å². The van der Waals surface area contributed by atoms with Gasteiger partial charge in [-0.25, -0.2) is 0 Å². The van der Waals surface area contributed by atoms with E-state index >= 15 is 0 Å². The Bertz CT molecular complexity index is 849. The van der Waals surface area contributed by atoms with Gasteiger partial charge in [0.1, 0.15) is 11.1 Å². The summed E-state index contributed by atoms with van der Waals surface area (Å²) in [6.07, 6.45) is 3.32. The zero-order chi connectivity index (χ0) is 19.6. The van der Waals surface area contributed by atoms with Gasteiger partial charge in [-0.05, 0) is 24.8 Å². The number of carbonyl (C=O) groups excluding carboxylic acids is 1. The minimum atomic E-state index is -3.37. The van der Waals surface area contributed by atoms with Crippen LogP contribution in [-0.2, 0) is 27.8 Å². The third-order valence-corrected chi connectivity index (χ3v) is 8.21. The number of hydrogen-bond donors (Lipinski definition) is 1. The lowest BCUT2D eigenvalue weighted by Gasteiger charge is -2.34. The minimum absolute atomic E-state index is 0.102. The molecule has 0 unspecified atom stereocenters. The zero-order valence-corrected chi connectivity index (χ0v) is 17.3. The molecule has 2 aliphatic rings. The number of carbonyl (C=O) groups is 1. The Morgan fingerprint density at radius 1 is 1.26 bits per heavy atom. The monoisotopic (exact) mass is 411 g/mol. The van der Waals surface area contributed by atoms with Gasteiger partial charge in [-0.15, -0.1) is 11.3 Å². The molecular formula is C17H25N5O3S2. The highest BCUT2D eigenvalue weighted by molar-refractivity contribution is 7.86. The Morgan fingerprint density at radius 3 is 2.59 bits per heavy atom. The molecule has 1 fully saturated rings. The largest absolute Gasteiger partial charge is 0.317 e. The van der Waals surface area contributed by atoms with Crippen molar-refractivity contribution in [3.63, 3.8) is 0 Å². The van der Waals surface area contributed by atoms with E-state index in [1.807, 2.05) is 0 Å². The first-order valence-electron chi connectivity index (χ1n) is 9.07. The Hall–Kier alpha value is -1.51. The molecule has 148 valence electrons. The summed E-state index contributed by atoms with van der Waals surface area (Å²) in [6.45, 7) is 2.65. The molecule has 0 bridgehead atoms. The van der Waals surface area contributed by atoms with E-state index in [2.05, 4.69) is 16.3 Å². The van der Waals surface area contributed by atoms with Crippen LogP contribution < -0.4 is 5.32 Å². The van der Waals surface area contributed by atoms with Crippen molar-refractivity contribution in [2.24, 2.45) is 0 Å². The number of anilines is 1. The molecule has 0 atom stereocenters. The lowest BCUT2D eigenvalue weighted by molar-refractivity contribution is -0.116. The molecule has 1 amide bonds. The fourth-order valence-corrected chi connectivity index (χ4v) is 5.82. The zero-order valence-electron chi connectivity index (χ0n) is 15.7. The molecule has 8 nitrogen and oxygen atoms in total. The van der Waals surface area contributed by atoms with Crippen molar-refractivity contribution >= 4 is 32.5 Å². The highest BCUT2D eigenvalue weighted by atomic mass is 32.2. The van der Waals surface area contributed by atoms with Crippen LogP contribution in [0.2, 0.25) is 0 Å². The number of hydrogen-bond acceptors (Lipinski definition) is 6. The number of piperazine rings is 1. The topological polar surface area (TPSA) is 96.8 Å². The fourth-order valence-electron chi connectivity index (χ4n) is 3.47. The van der Waals surface area contributed by atoms with Gasteiger partial charge in [-0.3, -0.25) is 4.79 Å². The maximum atomic E-state index is 12.3. The van der Waals surface area contributed by atoms with Crippen molar-refractivity contribution in [1.82, 2.24) is 13.5 Å². The Kier molecular flexibility index (Phi) is 6.18. The van der Waals surface area contributed by atoms with Crippen LogP contribution in [0, 0.1) is 11.3 Å². The molecule has 1 saturated heterocycles. The predicted molar refractivity (Wildman–Crippen MR) is 105 cm³/mol. The molecule has 1 aliphatic carbocycles. The van der Waals surface area contributed by atoms with Gasteiger partial charge in [0, 0.05) is 58.1 Å². The van der Waals surface area contributed by atoms with E-state index in [0.29, 0.717) is 49.7 Å². The summed E-state index contributed by atoms with van der Waals surface area (Å²) in [5.41, 5.74) is 1.74. The Balaban J connectivity index is 1.48. The van der Waals surface area contributed by atoms with Crippen LogP contribution in [-0.4, -0.2) is 74.7 Å². The first kappa shape index (κ1) is 20.2. The van der Waals surface area contributed by atoms with Crippen molar-refractivity contribution < 1.29 is 13.2 Å². The van der Waals surface area contributed by atoms with Crippen LogP contribution in [0.25, 0.3) is 0 Å². The predicted octanol–water partition coefficient (Wildman–Crippen LogP) is 0.861. The number of nitrogens with zero attached hydrogens (tertiary/aromatic N) is 4. The number of nitrogens with one attached hydrogen (secondary N) is 1. The summed E-state index contributed by atoms with van der Waals surface area (Å²) in [5.74, 6) is -0.102. The van der Waals surface area contributed by atoms with Crippen molar-refractivity contribution in [2.45, 2.75) is 25.7 Å². The number of nitriles is 1. The van der Waals surface area contributed by atoms with Crippen LogP contribution in [0.15, 0.2) is 0 Å². The molecule has 0 saturated carbocycles. The third kappa shape index (κ3) is 4.33. The molecule has 10 heteroatoms. The number of fused-ring (bicyclic) bond motifs is 1. The molecule has 3 rings (SSSR count). The maximum absolute atomic E-state index is 12.3. The smallest absolute Gasteiger partial charge is 0.281 e.